The van der Waals surface area contributed by atoms with Crippen LogP contribution in [-0.4, -0.2) is 30.7 Å². The van der Waals surface area contributed by atoms with Gasteiger partial charge in [0.1, 0.15) is 11.6 Å². The number of aliphatic carboxylic acids is 1. The SMILES string of the molecule is COc1cc(/C=C(\C#N)C(=O)Nc2ccc(Cl)cc2C)ccc1OCC(=O)O. The molecule has 0 saturated carbocycles. The van der Waals surface area contributed by atoms with Gasteiger partial charge in [-0.25, -0.2) is 4.79 Å². The van der Waals surface area contributed by atoms with E-state index in [4.69, 9.17) is 26.2 Å². The highest BCUT2D eigenvalue weighted by Gasteiger charge is 2.13. The summed E-state index contributed by atoms with van der Waals surface area (Å²) in [6.45, 7) is 1.27. The molecule has 0 atom stereocenters. The van der Waals surface area contributed by atoms with E-state index in [1.807, 2.05) is 6.07 Å². The van der Waals surface area contributed by atoms with E-state index in [2.05, 4.69) is 5.32 Å². The molecule has 1 amide bonds. The van der Waals surface area contributed by atoms with Gasteiger partial charge in [0.25, 0.3) is 5.91 Å². The number of halogens is 1. The van der Waals surface area contributed by atoms with Gasteiger partial charge in [-0.15, -0.1) is 0 Å². The molecule has 0 aliphatic heterocycles. The molecular formula is C20H17ClN2O5. The smallest absolute Gasteiger partial charge is 0.341 e. The zero-order valence-electron chi connectivity index (χ0n) is 15.2. The molecule has 0 spiro atoms. The Hall–Kier alpha value is -3.50. The number of benzene rings is 2. The molecule has 0 aromatic heterocycles. The summed E-state index contributed by atoms with van der Waals surface area (Å²) in [4.78, 5) is 23.1. The number of ether oxygens (including phenoxy) is 2. The van der Waals surface area contributed by atoms with Crippen LogP contribution in [-0.2, 0) is 9.59 Å². The molecule has 0 aliphatic carbocycles. The standard InChI is InChI=1S/C20H17ClN2O5/c1-12-7-15(21)4-5-16(12)23-20(26)14(10-22)8-13-3-6-17(18(9-13)27-2)28-11-19(24)25/h3-9H,11H2,1-2H3,(H,23,26)(H,24,25)/b14-8+. The largest absolute Gasteiger partial charge is 0.493 e. The predicted octanol–water partition coefficient (Wildman–Crippen LogP) is 3.67. The lowest BCUT2D eigenvalue weighted by molar-refractivity contribution is -0.139. The van der Waals surface area contributed by atoms with Gasteiger partial charge in [-0.05, 0) is 54.5 Å². The summed E-state index contributed by atoms with van der Waals surface area (Å²) in [7, 11) is 1.40. The zero-order chi connectivity index (χ0) is 20.7. The first kappa shape index (κ1) is 20.8. The lowest BCUT2D eigenvalue weighted by Gasteiger charge is -2.10. The van der Waals surface area contributed by atoms with E-state index in [9.17, 15) is 14.9 Å². The summed E-state index contributed by atoms with van der Waals surface area (Å²) in [5, 5.41) is 21.3. The zero-order valence-corrected chi connectivity index (χ0v) is 15.9. The molecule has 0 unspecified atom stereocenters. The Bertz CT molecular complexity index is 979. The lowest BCUT2D eigenvalue weighted by Crippen LogP contribution is -2.14. The highest BCUT2D eigenvalue weighted by molar-refractivity contribution is 6.30. The quantitative estimate of drug-likeness (QED) is 0.542. The van der Waals surface area contributed by atoms with Crippen molar-refractivity contribution in [1.82, 2.24) is 0 Å². The molecular weight excluding hydrogens is 384 g/mol. The molecule has 2 aromatic rings. The van der Waals surface area contributed by atoms with Crippen LogP contribution in [0.5, 0.6) is 11.5 Å². The topological polar surface area (TPSA) is 109 Å². The van der Waals surface area contributed by atoms with Crippen LogP contribution in [0.3, 0.4) is 0 Å². The summed E-state index contributed by atoms with van der Waals surface area (Å²) >= 11 is 5.90. The fourth-order valence-corrected chi connectivity index (χ4v) is 2.53. The Morgan fingerprint density at radius 2 is 2.00 bits per heavy atom. The van der Waals surface area contributed by atoms with Gasteiger partial charge in [-0.1, -0.05) is 17.7 Å². The molecule has 0 aliphatic rings. The first-order chi connectivity index (χ1) is 13.3. The van der Waals surface area contributed by atoms with Gasteiger partial charge in [-0.2, -0.15) is 5.26 Å². The molecule has 2 aromatic carbocycles. The van der Waals surface area contributed by atoms with Gasteiger partial charge >= 0.3 is 5.97 Å². The number of aryl methyl sites for hydroxylation is 1. The number of nitrogens with one attached hydrogen (secondary N) is 1. The molecule has 28 heavy (non-hydrogen) atoms. The summed E-state index contributed by atoms with van der Waals surface area (Å²) in [6, 6.07) is 11.5. The Labute approximate surface area is 166 Å². The summed E-state index contributed by atoms with van der Waals surface area (Å²) < 4.78 is 10.3. The second-order valence-corrected chi connectivity index (χ2v) is 6.11. The van der Waals surface area contributed by atoms with E-state index in [1.54, 1.807) is 31.2 Å². The lowest BCUT2D eigenvalue weighted by atomic mass is 10.1. The first-order valence-corrected chi connectivity index (χ1v) is 8.43. The Morgan fingerprint density at radius 3 is 2.61 bits per heavy atom. The van der Waals surface area contributed by atoms with Crippen LogP contribution in [0.25, 0.3) is 6.08 Å². The monoisotopic (exact) mass is 400 g/mol. The summed E-state index contributed by atoms with van der Waals surface area (Å²) in [6.07, 6.45) is 1.39. The van der Waals surface area contributed by atoms with E-state index < -0.39 is 18.5 Å². The predicted molar refractivity (Wildman–Crippen MR) is 105 cm³/mol. The molecule has 0 fully saturated rings. The number of amides is 1. The maximum atomic E-state index is 12.4. The molecule has 0 bridgehead atoms. The number of carbonyl (C=O) groups excluding carboxylic acids is 1. The van der Waals surface area contributed by atoms with Gasteiger partial charge < -0.3 is 19.9 Å². The first-order valence-electron chi connectivity index (χ1n) is 8.06. The van der Waals surface area contributed by atoms with E-state index >= 15 is 0 Å². The Kier molecular flexibility index (Phi) is 7.02. The van der Waals surface area contributed by atoms with Crippen LogP contribution in [0.15, 0.2) is 42.0 Å². The second-order valence-electron chi connectivity index (χ2n) is 5.68. The third kappa shape index (κ3) is 5.50. The maximum absolute atomic E-state index is 12.4. The number of carbonyl (C=O) groups is 2. The van der Waals surface area contributed by atoms with Crippen molar-refractivity contribution in [2.24, 2.45) is 0 Å². The number of anilines is 1. The molecule has 0 radical (unpaired) electrons. The second kappa shape index (κ2) is 9.44. The van der Waals surface area contributed by atoms with Crippen molar-refractivity contribution in [2.75, 3.05) is 19.0 Å². The molecule has 8 heteroatoms. The van der Waals surface area contributed by atoms with Crippen molar-refractivity contribution in [3.05, 3.63) is 58.1 Å². The Balaban J connectivity index is 2.24. The highest BCUT2D eigenvalue weighted by Crippen LogP contribution is 2.29. The summed E-state index contributed by atoms with van der Waals surface area (Å²) in [5.74, 6) is -1.17. The van der Waals surface area contributed by atoms with Crippen LogP contribution < -0.4 is 14.8 Å². The number of rotatable bonds is 7. The molecule has 144 valence electrons. The molecule has 7 nitrogen and oxygen atoms in total. The van der Waals surface area contributed by atoms with Crippen LogP contribution in [0.1, 0.15) is 11.1 Å². The number of carboxylic acids is 1. The van der Waals surface area contributed by atoms with Crippen molar-refractivity contribution in [2.45, 2.75) is 6.92 Å². The number of carboxylic acid groups (broad SMARTS) is 1. The summed E-state index contributed by atoms with van der Waals surface area (Å²) in [5.41, 5.74) is 1.71. The van der Waals surface area contributed by atoms with Gasteiger partial charge in [0.05, 0.1) is 7.11 Å². The molecule has 0 heterocycles. The van der Waals surface area contributed by atoms with E-state index in [0.717, 1.165) is 5.56 Å². The fraction of sp³-hybridized carbons (Fsp3) is 0.150. The van der Waals surface area contributed by atoms with Crippen molar-refractivity contribution in [3.8, 4) is 17.6 Å². The van der Waals surface area contributed by atoms with E-state index in [0.29, 0.717) is 16.3 Å². The highest BCUT2D eigenvalue weighted by atomic mass is 35.5. The van der Waals surface area contributed by atoms with E-state index in [1.165, 1.54) is 25.3 Å². The van der Waals surface area contributed by atoms with Crippen LogP contribution in [0, 0.1) is 18.3 Å². The minimum Gasteiger partial charge on any atom is -0.493 e. The third-order valence-corrected chi connectivity index (χ3v) is 3.89. The number of nitriles is 1. The van der Waals surface area contributed by atoms with Crippen molar-refractivity contribution in [3.63, 3.8) is 0 Å². The van der Waals surface area contributed by atoms with Gasteiger partial charge in [0, 0.05) is 10.7 Å². The number of hydrogen-bond acceptors (Lipinski definition) is 5. The molecule has 2 rings (SSSR count). The van der Waals surface area contributed by atoms with Crippen molar-refractivity contribution < 1.29 is 24.2 Å². The van der Waals surface area contributed by atoms with E-state index in [-0.39, 0.29) is 17.1 Å². The average Bonchev–Trinajstić information content (AvgIpc) is 2.66. The minimum atomic E-state index is -1.12. The number of hydrogen-bond donors (Lipinski definition) is 2. The molecule has 2 N–H and O–H groups in total. The van der Waals surface area contributed by atoms with Gasteiger partial charge in [-0.3, -0.25) is 4.79 Å². The number of methoxy groups -OCH3 is 1. The van der Waals surface area contributed by atoms with Crippen LogP contribution in [0.4, 0.5) is 5.69 Å². The van der Waals surface area contributed by atoms with Gasteiger partial charge in [0.2, 0.25) is 0 Å². The third-order valence-electron chi connectivity index (χ3n) is 3.65. The number of nitrogens with zero attached hydrogens (tertiary/aromatic N) is 1. The molecule has 0 saturated heterocycles. The van der Waals surface area contributed by atoms with Crippen LogP contribution in [0.2, 0.25) is 5.02 Å². The van der Waals surface area contributed by atoms with Gasteiger partial charge in [0.15, 0.2) is 18.1 Å². The average molecular weight is 401 g/mol. The fourth-order valence-electron chi connectivity index (χ4n) is 2.30. The van der Waals surface area contributed by atoms with Crippen molar-refractivity contribution in [1.29, 1.82) is 5.26 Å². The van der Waals surface area contributed by atoms with Crippen LogP contribution >= 0.6 is 11.6 Å². The Morgan fingerprint density at radius 1 is 1.25 bits per heavy atom. The minimum absolute atomic E-state index is 0.115. The normalized spacial score (nSPS) is 10.7. The van der Waals surface area contributed by atoms with Crippen molar-refractivity contribution >= 4 is 35.2 Å². The maximum Gasteiger partial charge on any atom is 0.341 e.